The zero-order valence-corrected chi connectivity index (χ0v) is 29.2. The first-order valence-corrected chi connectivity index (χ1v) is 16.6. The van der Waals surface area contributed by atoms with Crippen LogP contribution in [-0.2, 0) is 15.3 Å². The van der Waals surface area contributed by atoms with Crippen LogP contribution in [0.2, 0.25) is 0 Å². The normalized spacial score (nSPS) is 10.7. The van der Waals surface area contributed by atoms with Crippen LogP contribution in [0.1, 0.15) is 47.2 Å². The minimum Gasteiger partial charge on any atom is -0.497 e. The highest BCUT2D eigenvalue weighted by atomic mass is 32.2. The molecule has 0 bridgehead atoms. The molecular formula is C40H43NO5S. The van der Waals surface area contributed by atoms with Crippen LogP contribution >= 0.6 is 0 Å². The first-order valence-electron chi connectivity index (χ1n) is 15.1. The second kappa shape index (κ2) is 16.5. The standard InChI is InChI=1S/C17H20O.C14H14O3S.C9H9NO/c1-13-5-7-14(8-6-13)17(2,3)15-9-11-16(18-4)12-10-15;1-11-3-7-13(8-4-11)18(15,16)14-9-5-12(17-2)6-10-14;1-7-4-3-5-9(11-2)8(7)6-10/h5-12H,1-4H3;3-10H,1-2H3;3-5H,1-2H3. The van der Waals surface area contributed by atoms with E-state index < -0.39 is 9.84 Å². The summed E-state index contributed by atoms with van der Waals surface area (Å²) in [6, 6.07) is 37.9. The van der Waals surface area contributed by atoms with Gasteiger partial charge in [-0.05, 0) is 92.1 Å². The lowest BCUT2D eigenvalue weighted by molar-refractivity contribution is 0.413. The monoisotopic (exact) mass is 649 g/mol. The Bertz CT molecular complexity index is 1870. The molecule has 244 valence electrons. The SMILES string of the molecule is COc1ccc(C(C)(C)c2ccc(C)cc2)cc1.COc1ccc(S(=O)(=O)c2ccc(C)cc2)cc1.COc1cccc(C)c1C#N. The van der Waals surface area contributed by atoms with E-state index in [0.29, 0.717) is 22.0 Å². The largest absolute Gasteiger partial charge is 0.497 e. The number of ether oxygens (including phenoxy) is 3. The van der Waals surface area contributed by atoms with Gasteiger partial charge in [-0.1, -0.05) is 85.6 Å². The van der Waals surface area contributed by atoms with Gasteiger partial charge in [0.1, 0.15) is 23.3 Å². The molecule has 5 aromatic carbocycles. The Labute approximate surface area is 280 Å². The Morgan fingerprint density at radius 2 is 0.979 bits per heavy atom. The van der Waals surface area contributed by atoms with Gasteiger partial charge in [0.15, 0.2) is 0 Å². The summed E-state index contributed by atoms with van der Waals surface area (Å²) in [6.45, 7) is 10.4. The molecule has 0 amide bonds. The number of sulfone groups is 1. The molecule has 0 fully saturated rings. The predicted molar refractivity (Wildman–Crippen MR) is 188 cm³/mol. The quantitative estimate of drug-likeness (QED) is 0.175. The van der Waals surface area contributed by atoms with E-state index >= 15 is 0 Å². The van der Waals surface area contributed by atoms with Crippen LogP contribution in [0.3, 0.4) is 0 Å². The third-order valence-corrected chi connectivity index (χ3v) is 9.64. The van der Waals surface area contributed by atoms with Gasteiger partial charge in [-0.25, -0.2) is 8.42 Å². The molecule has 47 heavy (non-hydrogen) atoms. The highest BCUT2D eigenvalue weighted by Gasteiger charge is 2.22. The summed E-state index contributed by atoms with van der Waals surface area (Å²) < 4.78 is 39.8. The van der Waals surface area contributed by atoms with E-state index in [1.54, 1.807) is 75.9 Å². The van der Waals surface area contributed by atoms with Crippen molar-refractivity contribution in [3.63, 3.8) is 0 Å². The molecule has 0 atom stereocenters. The maximum absolute atomic E-state index is 12.3. The van der Waals surface area contributed by atoms with E-state index in [4.69, 9.17) is 19.5 Å². The lowest BCUT2D eigenvalue weighted by Gasteiger charge is -2.26. The molecule has 0 spiro atoms. The van der Waals surface area contributed by atoms with Gasteiger partial charge in [-0.2, -0.15) is 5.26 Å². The van der Waals surface area contributed by atoms with Crippen LogP contribution in [0.5, 0.6) is 17.2 Å². The first kappa shape index (κ1) is 36.4. The zero-order valence-electron chi connectivity index (χ0n) is 28.4. The fraction of sp³-hybridized carbons (Fsp3) is 0.225. The average Bonchev–Trinajstić information content (AvgIpc) is 3.09. The first-order chi connectivity index (χ1) is 22.4. The Balaban J connectivity index is 0.000000198. The van der Waals surface area contributed by atoms with Gasteiger partial charge in [0.05, 0.1) is 36.7 Å². The number of nitriles is 1. The van der Waals surface area contributed by atoms with Crippen molar-refractivity contribution >= 4 is 9.84 Å². The van der Waals surface area contributed by atoms with Crippen molar-refractivity contribution in [2.45, 2.75) is 49.8 Å². The molecule has 7 heteroatoms. The average molecular weight is 650 g/mol. The molecule has 0 saturated carbocycles. The fourth-order valence-corrected chi connectivity index (χ4v) is 5.97. The topological polar surface area (TPSA) is 85.6 Å². The van der Waals surface area contributed by atoms with Crippen LogP contribution in [0.25, 0.3) is 0 Å². The summed E-state index contributed by atoms with van der Waals surface area (Å²) >= 11 is 0. The van der Waals surface area contributed by atoms with E-state index in [-0.39, 0.29) is 10.3 Å². The highest BCUT2D eigenvalue weighted by Crippen LogP contribution is 2.32. The Morgan fingerprint density at radius 3 is 1.38 bits per heavy atom. The molecule has 0 N–H and O–H groups in total. The van der Waals surface area contributed by atoms with Crippen molar-refractivity contribution in [1.29, 1.82) is 5.26 Å². The molecular weight excluding hydrogens is 607 g/mol. The zero-order chi connectivity index (χ0) is 34.6. The predicted octanol–water partition coefficient (Wildman–Crippen LogP) is 9.04. The second-order valence-electron chi connectivity index (χ2n) is 11.5. The van der Waals surface area contributed by atoms with Crippen LogP contribution < -0.4 is 14.2 Å². The van der Waals surface area contributed by atoms with Gasteiger partial charge < -0.3 is 14.2 Å². The second-order valence-corrected chi connectivity index (χ2v) is 13.4. The highest BCUT2D eigenvalue weighted by molar-refractivity contribution is 7.91. The summed E-state index contributed by atoms with van der Waals surface area (Å²) in [4.78, 5) is 0.574. The Hall–Kier alpha value is -5.06. The summed E-state index contributed by atoms with van der Waals surface area (Å²) in [7, 11) is 1.37. The Morgan fingerprint density at radius 1 is 0.574 bits per heavy atom. The van der Waals surface area contributed by atoms with Crippen molar-refractivity contribution in [3.8, 4) is 23.3 Å². The summed E-state index contributed by atoms with van der Waals surface area (Å²) in [6.07, 6.45) is 0. The number of methoxy groups -OCH3 is 3. The van der Waals surface area contributed by atoms with E-state index in [1.165, 1.54) is 16.7 Å². The molecule has 0 heterocycles. The molecule has 6 nitrogen and oxygen atoms in total. The van der Waals surface area contributed by atoms with E-state index in [0.717, 1.165) is 16.9 Å². The number of aryl methyl sites for hydroxylation is 3. The molecule has 5 aromatic rings. The molecule has 0 radical (unpaired) electrons. The van der Waals surface area contributed by atoms with Gasteiger partial charge in [0, 0.05) is 5.41 Å². The van der Waals surface area contributed by atoms with Crippen LogP contribution in [0.4, 0.5) is 0 Å². The number of rotatable bonds is 7. The van der Waals surface area contributed by atoms with Crippen molar-refractivity contribution in [1.82, 2.24) is 0 Å². The Kier molecular flexibility index (Phi) is 12.8. The van der Waals surface area contributed by atoms with E-state index in [9.17, 15) is 8.42 Å². The number of hydrogen-bond donors (Lipinski definition) is 0. The summed E-state index contributed by atoms with van der Waals surface area (Å²) in [5, 5.41) is 8.70. The molecule has 0 aliphatic rings. The van der Waals surface area contributed by atoms with Crippen LogP contribution in [0.15, 0.2) is 125 Å². The molecule has 5 rings (SSSR count). The number of benzene rings is 5. The smallest absolute Gasteiger partial charge is 0.206 e. The molecule has 0 aromatic heterocycles. The molecule has 0 saturated heterocycles. The van der Waals surface area contributed by atoms with Gasteiger partial charge in [0.25, 0.3) is 0 Å². The van der Waals surface area contributed by atoms with Crippen molar-refractivity contribution < 1.29 is 22.6 Å². The van der Waals surface area contributed by atoms with E-state index in [1.807, 2.05) is 38.1 Å². The number of nitrogens with zero attached hydrogens (tertiary/aromatic N) is 1. The third kappa shape index (κ3) is 9.48. The number of hydrogen-bond acceptors (Lipinski definition) is 6. The lowest BCUT2D eigenvalue weighted by Crippen LogP contribution is -2.18. The minimum absolute atomic E-state index is 0.0139. The van der Waals surface area contributed by atoms with Gasteiger partial charge in [-0.15, -0.1) is 0 Å². The van der Waals surface area contributed by atoms with Crippen molar-refractivity contribution in [2.75, 3.05) is 21.3 Å². The van der Waals surface area contributed by atoms with Crippen molar-refractivity contribution in [2.24, 2.45) is 0 Å². The van der Waals surface area contributed by atoms with Crippen molar-refractivity contribution in [3.05, 3.63) is 149 Å². The maximum atomic E-state index is 12.3. The van der Waals surface area contributed by atoms with Crippen LogP contribution in [-0.4, -0.2) is 29.7 Å². The lowest BCUT2D eigenvalue weighted by atomic mass is 9.78. The van der Waals surface area contributed by atoms with Gasteiger partial charge in [0.2, 0.25) is 9.84 Å². The van der Waals surface area contributed by atoms with Gasteiger partial charge in [-0.3, -0.25) is 0 Å². The maximum Gasteiger partial charge on any atom is 0.206 e. The van der Waals surface area contributed by atoms with Crippen LogP contribution in [0, 0.1) is 32.1 Å². The van der Waals surface area contributed by atoms with E-state index in [2.05, 4.69) is 63.2 Å². The van der Waals surface area contributed by atoms with Gasteiger partial charge >= 0.3 is 0 Å². The minimum atomic E-state index is -3.44. The molecule has 0 aliphatic heterocycles. The molecule has 0 unspecified atom stereocenters. The summed E-state index contributed by atoms with van der Waals surface area (Å²) in [5.41, 5.74) is 6.54. The third-order valence-electron chi connectivity index (χ3n) is 7.85. The summed E-state index contributed by atoms with van der Waals surface area (Å²) in [5.74, 6) is 2.18. The fourth-order valence-electron chi connectivity index (χ4n) is 4.71. The molecule has 0 aliphatic carbocycles.